The van der Waals surface area contributed by atoms with Gasteiger partial charge in [0.1, 0.15) is 24.7 Å². The number of benzene rings is 2. The molecular weight excluding hydrogens is 416 g/mol. The van der Waals surface area contributed by atoms with Crippen molar-refractivity contribution in [1.29, 1.82) is 0 Å². The zero-order valence-electron chi connectivity index (χ0n) is 17.0. The first-order chi connectivity index (χ1) is 15.1. The Morgan fingerprint density at radius 3 is 2.55 bits per heavy atom. The summed E-state index contributed by atoms with van der Waals surface area (Å²) >= 11 is 6.22. The summed E-state index contributed by atoms with van der Waals surface area (Å²) in [5.41, 5.74) is 3.77. The molecule has 7 heteroatoms. The summed E-state index contributed by atoms with van der Waals surface area (Å²) in [5, 5.41) is 0.552. The third kappa shape index (κ3) is 4.54. The first-order valence-corrected chi connectivity index (χ1v) is 10.2. The van der Waals surface area contributed by atoms with Crippen LogP contribution in [0, 0.1) is 0 Å². The number of aromatic nitrogens is 2. The summed E-state index contributed by atoms with van der Waals surface area (Å²) in [6, 6.07) is 20.3. The van der Waals surface area contributed by atoms with Crippen LogP contribution in [0.5, 0.6) is 5.75 Å². The first-order valence-electron chi connectivity index (χ1n) is 9.84. The van der Waals surface area contributed by atoms with E-state index in [2.05, 4.69) is 0 Å². The molecule has 0 fully saturated rings. The van der Waals surface area contributed by atoms with Crippen molar-refractivity contribution in [3.63, 3.8) is 0 Å². The van der Waals surface area contributed by atoms with Crippen LogP contribution in [0.1, 0.15) is 5.69 Å². The van der Waals surface area contributed by atoms with Crippen LogP contribution in [0.15, 0.2) is 72.9 Å². The number of pyridine rings is 1. The largest absolute Gasteiger partial charge is 0.491 e. The third-order valence-corrected chi connectivity index (χ3v) is 5.21. The highest BCUT2D eigenvalue weighted by Crippen LogP contribution is 2.28. The van der Waals surface area contributed by atoms with Gasteiger partial charge in [0.2, 0.25) is 5.91 Å². The van der Waals surface area contributed by atoms with Crippen LogP contribution in [0.4, 0.5) is 10.1 Å². The van der Waals surface area contributed by atoms with Gasteiger partial charge in [-0.25, -0.2) is 9.37 Å². The number of hydrogen-bond acceptors (Lipinski definition) is 3. The van der Waals surface area contributed by atoms with Gasteiger partial charge in [0.15, 0.2) is 0 Å². The Labute approximate surface area is 184 Å². The Bertz CT molecular complexity index is 1190. The molecule has 31 heavy (non-hydrogen) atoms. The number of imidazole rings is 1. The van der Waals surface area contributed by atoms with E-state index in [-0.39, 0.29) is 18.9 Å². The standard InChI is InChI=1S/C24H21ClFN3O2/c1-28(19-5-3-2-4-6-19)23(30)15-21-24(27-22-12-9-18(25)16-29(21)22)17-7-10-20(11-8-17)31-14-13-26/h2-12,16H,13-15H2,1H3/i26-1. The van der Waals surface area contributed by atoms with Crippen LogP contribution < -0.4 is 9.64 Å². The van der Waals surface area contributed by atoms with Crippen molar-refractivity contribution < 1.29 is 13.9 Å². The van der Waals surface area contributed by atoms with Gasteiger partial charge in [0, 0.05) is 24.5 Å². The van der Waals surface area contributed by atoms with Crippen LogP contribution in [0.2, 0.25) is 5.02 Å². The number of ether oxygens (including phenoxy) is 1. The second-order valence-corrected chi connectivity index (χ2v) is 7.45. The van der Waals surface area contributed by atoms with E-state index in [0.29, 0.717) is 22.1 Å². The molecule has 4 rings (SSSR count). The molecule has 0 atom stereocenters. The Morgan fingerprint density at radius 2 is 1.84 bits per heavy atom. The minimum absolute atomic E-state index is 0.0117. The SMILES string of the molecule is CN(C(=O)Cc1c(-c2ccc(OCC[18F])cc2)nc2ccc(Cl)cn12)c1ccccc1. The van der Waals surface area contributed by atoms with E-state index >= 15 is 0 Å². The molecule has 2 aromatic carbocycles. The van der Waals surface area contributed by atoms with Gasteiger partial charge in [-0.15, -0.1) is 0 Å². The van der Waals surface area contributed by atoms with Gasteiger partial charge in [-0.1, -0.05) is 29.8 Å². The summed E-state index contributed by atoms with van der Waals surface area (Å²) in [5.74, 6) is 0.506. The molecule has 0 N–H and O–H groups in total. The molecular formula is C24H21ClFN3O2. The smallest absolute Gasteiger partial charge is 0.232 e. The molecule has 0 bridgehead atoms. The van der Waals surface area contributed by atoms with Gasteiger partial charge in [-0.2, -0.15) is 0 Å². The second kappa shape index (κ2) is 9.18. The Hall–Kier alpha value is -3.38. The molecule has 4 aromatic rings. The van der Waals surface area contributed by atoms with Crippen molar-refractivity contribution in [2.45, 2.75) is 6.42 Å². The minimum Gasteiger partial charge on any atom is -0.491 e. The molecule has 2 heterocycles. The molecule has 5 nitrogen and oxygen atoms in total. The number of anilines is 1. The highest BCUT2D eigenvalue weighted by molar-refractivity contribution is 6.30. The van der Waals surface area contributed by atoms with Crippen LogP contribution in [0.3, 0.4) is 0 Å². The maximum Gasteiger partial charge on any atom is 0.232 e. The third-order valence-electron chi connectivity index (χ3n) is 4.99. The normalized spacial score (nSPS) is 10.9. The maximum atomic E-state index is 13.1. The average Bonchev–Trinajstić information content (AvgIpc) is 3.15. The minimum atomic E-state index is -0.545. The fourth-order valence-corrected chi connectivity index (χ4v) is 3.55. The Kier molecular flexibility index (Phi) is 6.18. The lowest BCUT2D eigenvalue weighted by Crippen LogP contribution is -2.28. The van der Waals surface area contributed by atoms with Crippen molar-refractivity contribution in [3.8, 4) is 17.0 Å². The van der Waals surface area contributed by atoms with Crippen LogP contribution >= 0.6 is 11.6 Å². The van der Waals surface area contributed by atoms with E-state index in [9.17, 15) is 9.18 Å². The molecule has 2 aromatic heterocycles. The molecule has 0 unspecified atom stereocenters. The van der Waals surface area contributed by atoms with Gasteiger partial charge in [-0.05, 0) is 48.5 Å². The predicted molar refractivity (Wildman–Crippen MR) is 121 cm³/mol. The lowest BCUT2D eigenvalue weighted by atomic mass is 10.1. The molecule has 0 aliphatic carbocycles. The van der Waals surface area contributed by atoms with Crippen LogP contribution in [-0.2, 0) is 11.2 Å². The van der Waals surface area contributed by atoms with Crippen LogP contribution in [-0.4, -0.2) is 35.6 Å². The number of rotatable bonds is 7. The van der Waals surface area contributed by atoms with Crippen molar-refractivity contribution in [2.75, 3.05) is 25.2 Å². The van der Waals surface area contributed by atoms with Crippen molar-refractivity contribution >= 4 is 28.8 Å². The van der Waals surface area contributed by atoms with Gasteiger partial charge in [-0.3, -0.25) is 4.79 Å². The number of para-hydroxylation sites is 1. The molecule has 0 aliphatic rings. The number of fused-ring (bicyclic) bond motifs is 1. The lowest BCUT2D eigenvalue weighted by molar-refractivity contribution is -0.117. The zero-order chi connectivity index (χ0) is 21.8. The van der Waals surface area contributed by atoms with Gasteiger partial charge < -0.3 is 14.0 Å². The van der Waals surface area contributed by atoms with E-state index in [1.54, 1.807) is 36.3 Å². The number of carbonyl (C=O) groups excluding carboxylic acids is 1. The molecule has 0 radical (unpaired) electrons. The van der Waals surface area contributed by atoms with Crippen molar-refractivity contribution in [1.82, 2.24) is 9.38 Å². The van der Waals surface area contributed by atoms with Gasteiger partial charge >= 0.3 is 0 Å². The fraction of sp³-hybridized carbons (Fsp3) is 0.167. The zero-order valence-corrected chi connectivity index (χ0v) is 17.7. The van der Waals surface area contributed by atoms with Crippen molar-refractivity contribution in [3.05, 3.63) is 83.6 Å². The van der Waals surface area contributed by atoms with E-state index in [1.807, 2.05) is 52.9 Å². The Morgan fingerprint density at radius 1 is 1.10 bits per heavy atom. The molecule has 0 aliphatic heterocycles. The number of amides is 1. The molecule has 0 saturated carbocycles. The van der Waals surface area contributed by atoms with Crippen LogP contribution in [0.25, 0.3) is 16.9 Å². The number of likely N-dealkylation sites (N-methyl/N-ethyl adjacent to an activating group) is 1. The summed E-state index contributed by atoms with van der Waals surface area (Å²) in [4.78, 5) is 19.5. The van der Waals surface area contributed by atoms with E-state index in [1.165, 1.54) is 0 Å². The van der Waals surface area contributed by atoms with E-state index < -0.39 is 6.67 Å². The average molecular weight is 437 g/mol. The van der Waals surface area contributed by atoms with E-state index in [4.69, 9.17) is 21.3 Å². The number of alkyl halides is 1. The van der Waals surface area contributed by atoms with Crippen molar-refractivity contribution in [2.24, 2.45) is 0 Å². The topological polar surface area (TPSA) is 46.8 Å². The summed E-state index contributed by atoms with van der Waals surface area (Å²) in [6.07, 6.45) is 1.90. The number of carbonyl (C=O) groups is 1. The predicted octanol–water partition coefficient (Wildman–Crippen LogP) is 5.21. The molecule has 158 valence electrons. The van der Waals surface area contributed by atoms with Gasteiger partial charge in [0.05, 0.1) is 22.8 Å². The molecule has 0 spiro atoms. The summed E-state index contributed by atoms with van der Waals surface area (Å²) < 4.78 is 19.5. The second-order valence-electron chi connectivity index (χ2n) is 7.01. The lowest BCUT2D eigenvalue weighted by Gasteiger charge is -2.17. The highest BCUT2D eigenvalue weighted by atomic mass is 35.5. The number of hydrogen-bond donors (Lipinski definition) is 0. The highest BCUT2D eigenvalue weighted by Gasteiger charge is 2.20. The fourth-order valence-electron chi connectivity index (χ4n) is 3.39. The molecule has 0 saturated heterocycles. The van der Waals surface area contributed by atoms with E-state index in [0.717, 1.165) is 16.9 Å². The number of halogens is 2. The maximum absolute atomic E-state index is 13.1. The summed E-state index contributed by atoms with van der Waals surface area (Å²) in [7, 11) is 1.75. The number of nitrogens with zero attached hydrogens (tertiary/aromatic N) is 3. The summed E-state index contributed by atoms with van der Waals surface area (Å²) in [6.45, 7) is -0.534. The Balaban J connectivity index is 1.71. The first kappa shape index (κ1) is 20.9. The quantitative estimate of drug-likeness (QED) is 0.399. The monoisotopic (exact) mass is 436 g/mol. The molecule has 1 amide bonds. The van der Waals surface area contributed by atoms with Gasteiger partial charge in [0.25, 0.3) is 0 Å².